The molecule has 5 nitrogen and oxygen atoms in total. The summed E-state index contributed by atoms with van der Waals surface area (Å²) in [5.41, 5.74) is 1.50. The van der Waals surface area contributed by atoms with Crippen LogP contribution in [-0.2, 0) is 6.54 Å². The van der Waals surface area contributed by atoms with Gasteiger partial charge in [-0.3, -0.25) is 9.80 Å². The summed E-state index contributed by atoms with van der Waals surface area (Å²) in [7, 11) is 0. The van der Waals surface area contributed by atoms with Crippen LogP contribution in [-0.4, -0.2) is 60.3 Å². The van der Waals surface area contributed by atoms with Crippen LogP contribution in [0.5, 0.6) is 5.75 Å². The summed E-state index contributed by atoms with van der Waals surface area (Å²) >= 11 is 6.11. The van der Waals surface area contributed by atoms with E-state index in [1.165, 1.54) is 12.1 Å². The molecule has 1 saturated heterocycles. The van der Waals surface area contributed by atoms with E-state index in [2.05, 4.69) is 15.9 Å². The molecule has 3 rings (SSSR count). The number of nitriles is 1. The molecule has 2 aromatic rings. The summed E-state index contributed by atoms with van der Waals surface area (Å²) < 4.78 is 18.7. The summed E-state index contributed by atoms with van der Waals surface area (Å²) in [6.45, 7) is 4.84. The Labute approximate surface area is 169 Å². The lowest BCUT2D eigenvalue weighted by molar-refractivity contribution is 0.0446. The fourth-order valence-corrected chi connectivity index (χ4v) is 3.42. The molecule has 0 amide bonds. The van der Waals surface area contributed by atoms with Gasteiger partial charge in [0.25, 0.3) is 0 Å². The van der Waals surface area contributed by atoms with Crippen molar-refractivity contribution in [2.24, 2.45) is 0 Å². The Morgan fingerprint density at radius 2 is 1.79 bits per heavy atom. The largest absolute Gasteiger partial charge is 0.491 e. The maximum Gasteiger partial charge on any atom is 0.124 e. The molecule has 1 heterocycles. The molecule has 0 spiro atoms. The fourth-order valence-electron chi connectivity index (χ4n) is 3.19. The van der Waals surface area contributed by atoms with Crippen LogP contribution in [0.15, 0.2) is 42.5 Å². The van der Waals surface area contributed by atoms with Gasteiger partial charge in [0.05, 0.1) is 11.6 Å². The van der Waals surface area contributed by atoms with Gasteiger partial charge < -0.3 is 9.84 Å². The maximum atomic E-state index is 13.2. The third-order valence-electron chi connectivity index (χ3n) is 4.77. The number of β-amino-alcohol motifs (C(OH)–C–C–N with tert-alkyl or cyclic N) is 1. The Balaban J connectivity index is 1.39. The lowest BCUT2D eigenvalue weighted by Gasteiger charge is -2.35. The first-order valence-electron chi connectivity index (χ1n) is 9.23. The number of hydrogen-bond donors (Lipinski definition) is 1. The molecule has 1 atom stereocenters. The van der Waals surface area contributed by atoms with Crippen molar-refractivity contribution < 1.29 is 14.2 Å². The van der Waals surface area contributed by atoms with Crippen molar-refractivity contribution in [3.63, 3.8) is 0 Å². The van der Waals surface area contributed by atoms with Crippen LogP contribution in [0, 0.1) is 17.1 Å². The van der Waals surface area contributed by atoms with Crippen LogP contribution in [0.4, 0.5) is 4.39 Å². The molecule has 7 heteroatoms. The number of benzene rings is 2. The highest BCUT2D eigenvalue weighted by molar-refractivity contribution is 6.31. The van der Waals surface area contributed by atoms with Gasteiger partial charge in [-0.05, 0) is 42.0 Å². The number of halogens is 2. The lowest BCUT2D eigenvalue weighted by atomic mass is 10.2. The average molecular weight is 404 g/mol. The predicted molar refractivity (Wildman–Crippen MR) is 106 cm³/mol. The number of aliphatic hydroxyl groups is 1. The first-order valence-corrected chi connectivity index (χ1v) is 9.61. The first kappa shape index (κ1) is 20.6. The number of aliphatic hydroxyl groups excluding tert-OH is 1. The minimum atomic E-state index is -0.589. The predicted octanol–water partition coefficient (Wildman–Crippen LogP) is 2.91. The third-order valence-corrected chi connectivity index (χ3v) is 5.12. The van der Waals surface area contributed by atoms with Crippen LogP contribution < -0.4 is 4.74 Å². The summed E-state index contributed by atoms with van der Waals surface area (Å²) in [6.07, 6.45) is -0.589. The first-order chi connectivity index (χ1) is 13.5. The highest BCUT2D eigenvalue weighted by Crippen LogP contribution is 2.20. The Kier molecular flexibility index (Phi) is 7.24. The summed E-state index contributed by atoms with van der Waals surface area (Å²) in [5, 5.41) is 19.5. The van der Waals surface area contributed by atoms with E-state index >= 15 is 0 Å². The van der Waals surface area contributed by atoms with Crippen molar-refractivity contribution in [2.45, 2.75) is 12.6 Å². The van der Waals surface area contributed by atoms with Crippen molar-refractivity contribution in [2.75, 3.05) is 39.3 Å². The SMILES string of the molecule is N#Cc1ccc(OCC(O)CN2CCN(Cc3ccc(F)cc3Cl)CC2)cc1. The number of nitrogens with zero attached hydrogens (tertiary/aromatic N) is 3. The molecular formula is C21H23ClFN3O2. The monoisotopic (exact) mass is 403 g/mol. The summed E-state index contributed by atoms with van der Waals surface area (Å²) in [6, 6.07) is 13.4. The van der Waals surface area contributed by atoms with Gasteiger partial charge in [0.1, 0.15) is 24.3 Å². The lowest BCUT2D eigenvalue weighted by Crippen LogP contribution is -2.48. The van der Waals surface area contributed by atoms with Gasteiger partial charge in [0.2, 0.25) is 0 Å². The standard InChI is InChI=1S/C21H23ClFN3O2/c22-21-11-18(23)4-3-17(21)13-25-7-9-26(10-8-25)14-19(27)15-28-20-5-1-16(12-24)2-6-20/h1-6,11,19,27H,7-10,13-15H2. The minimum Gasteiger partial charge on any atom is -0.491 e. The van der Waals surface area contributed by atoms with Gasteiger partial charge in [0.15, 0.2) is 0 Å². The van der Waals surface area contributed by atoms with Crippen LogP contribution in [0.3, 0.4) is 0 Å². The third kappa shape index (κ3) is 5.91. The Bertz CT molecular complexity index is 817. The van der Waals surface area contributed by atoms with Crippen LogP contribution >= 0.6 is 11.6 Å². The molecule has 0 aromatic heterocycles. The van der Waals surface area contributed by atoms with E-state index in [0.717, 1.165) is 31.7 Å². The zero-order valence-electron chi connectivity index (χ0n) is 15.5. The van der Waals surface area contributed by atoms with E-state index in [0.29, 0.717) is 29.4 Å². The van der Waals surface area contributed by atoms with Gasteiger partial charge in [-0.25, -0.2) is 4.39 Å². The second-order valence-electron chi connectivity index (χ2n) is 6.91. The van der Waals surface area contributed by atoms with Gasteiger partial charge >= 0.3 is 0 Å². The second kappa shape index (κ2) is 9.85. The quantitative estimate of drug-likeness (QED) is 0.770. The topological polar surface area (TPSA) is 59.7 Å². The van der Waals surface area contributed by atoms with Crippen molar-refractivity contribution >= 4 is 11.6 Å². The molecule has 1 N–H and O–H groups in total. The second-order valence-corrected chi connectivity index (χ2v) is 7.32. The van der Waals surface area contributed by atoms with Gasteiger partial charge in [-0.15, -0.1) is 0 Å². The Hall–Kier alpha value is -2.17. The van der Waals surface area contributed by atoms with Gasteiger partial charge in [-0.2, -0.15) is 5.26 Å². The molecule has 0 radical (unpaired) electrons. The number of hydrogen-bond acceptors (Lipinski definition) is 5. The van der Waals surface area contributed by atoms with E-state index in [1.807, 2.05) is 0 Å². The molecule has 1 aliphatic rings. The molecule has 0 saturated carbocycles. The van der Waals surface area contributed by atoms with Crippen LogP contribution in [0.1, 0.15) is 11.1 Å². The van der Waals surface area contributed by atoms with E-state index < -0.39 is 6.10 Å². The molecule has 148 valence electrons. The van der Waals surface area contributed by atoms with Crippen molar-refractivity contribution in [1.29, 1.82) is 5.26 Å². The molecule has 1 aliphatic heterocycles. The molecule has 1 unspecified atom stereocenters. The minimum absolute atomic E-state index is 0.206. The molecule has 28 heavy (non-hydrogen) atoms. The van der Waals surface area contributed by atoms with E-state index in [1.54, 1.807) is 30.3 Å². The normalized spacial score (nSPS) is 16.5. The van der Waals surface area contributed by atoms with Gasteiger partial charge in [-0.1, -0.05) is 17.7 Å². The molecule has 0 bridgehead atoms. The number of piperazine rings is 1. The molecule has 0 aliphatic carbocycles. The Morgan fingerprint density at radius 3 is 2.43 bits per heavy atom. The van der Waals surface area contributed by atoms with Crippen molar-refractivity contribution in [3.05, 3.63) is 64.4 Å². The Morgan fingerprint density at radius 1 is 1.11 bits per heavy atom. The number of rotatable bonds is 7. The van der Waals surface area contributed by atoms with Crippen molar-refractivity contribution in [3.8, 4) is 11.8 Å². The molecule has 2 aromatic carbocycles. The smallest absolute Gasteiger partial charge is 0.124 e. The zero-order valence-corrected chi connectivity index (χ0v) is 16.3. The average Bonchev–Trinajstić information content (AvgIpc) is 2.70. The highest BCUT2D eigenvalue weighted by Gasteiger charge is 2.20. The maximum absolute atomic E-state index is 13.2. The van der Waals surface area contributed by atoms with Crippen LogP contribution in [0.25, 0.3) is 0 Å². The number of ether oxygens (including phenoxy) is 1. The van der Waals surface area contributed by atoms with Gasteiger partial charge in [0, 0.05) is 44.3 Å². The van der Waals surface area contributed by atoms with E-state index in [-0.39, 0.29) is 12.4 Å². The van der Waals surface area contributed by atoms with E-state index in [9.17, 15) is 9.50 Å². The summed E-state index contributed by atoms with van der Waals surface area (Å²) in [4.78, 5) is 4.48. The van der Waals surface area contributed by atoms with Crippen molar-refractivity contribution in [1.82, 2.24) is 9.80 Å². The van der Waals surface area contributed by atoms with Crippen LogP contribution in [0.2, 0.25) is 5.02 Å². The summed E-state index contributed by atoms with van der Waals surface area (Å²) in [5.74, 6) is 0.315. The zero-order chi connectivity index (χ0) is 19.9. The molecule has 1 fully saturated rings. The van der Waals surface area contributed by atoms with E-state index in [4.69, 9.17) is 21.6 Å². The highest BCUT2D eigenvalue weighted by atomic mass is 35.5. The molecular weight excluding hydrogens is 381 g/mol. The fraction of sp³-hybridized carbons (Fsp3) is 0.381.